The second kappa shape index (κ2) is 4.92. The quantitative estimate of drug-likeness (QED) is 0.515. The highest BCUT2D eigenvalue weighted by Gasteiger charge is 2.17. The number of hydrogen-bond acceptors (Lipinski definition) is 4. The molecular weight excluding hydrogens is 268 g/mol. The fraction of sp³-hybridized carbons (Fsp3) is 0.375. The molecule has 0 saturated heterocycles. The summed E-state index contributed by atoms with van der Waals surface area (Å²) in [7, 11) is 0. The molecule has 0 spiro atoms. The summed E-state index contributed by atoms with van der Waals surface area (Å²) in [5.41, 5.74) is 0. The Morgan fingerprint density at radius 2 is 2.40 bits per heavy atom. The lowest BCUT2D eigenvalue weighted by Gasteiger charge is -2.07. The SMILES string of the molecule is CC(CBr)NC(=O)c1ccc([N+](=O)[O-])o1. The van der Waals surface area contributed by atoms with E-state index in [1.54, 1.807) is 6.92 Å². The molecule has 1 aromatic rings. The molecule has 0 saturated carbocycles. The van der Waals surface area contributed by atoms with E-state index in [9.17, 15) is 14.9 Å². The topological polar surface area (TPSA) is 85.4 Å². The highest BCUT2D eigenvalue weighted by atomic mass is 79.9. The maximum atomic E-state index is 11.4. The molecule has 1 rings (SSSR count). The maximum Gasteiger partial charge on any atom is 0.433 e. The first-order valence-corrected chi connectivity index (χ1v) is 5.27. The van der Waals surface area contributed by atoms with Gasteiger partial charge in [-0.25, -0.2) is 0 Å². The monoisotopic (exact) mass is 276 g/mol. The van der Waals surface area contributed by atoms with Crippen molar-refractivity contribution in [3.8, 4) is 0 Å². The van der Waals surface area contributed by atoms with Gasteiger partial charge in [-0.2, -0.15) is 0 Å². The standard InChI is InChI=1S/C8H9BrN2O4/c1-5(4-9)10-8(12)6-2-3-7(15-6)11(13)14/h2-3,5H,4H2,1H3,(H,10,12). The fourth-order valence-electron chi connectivity index (χ4n) is 0.881. The molecule has 1 aromatic heterocycles. The predicted molar refractivity (Wildman–Crippen MR) is 56.1 cm³/mol. The molecule has 1 N–H and O–H groups in total. The average Bonchev–Trinajstić information content (AvgIpc) is 2.66. The number of furan rings is 1. The van der Waals surface area contributed by atoms with Gasteiger partial charge in [0, 0.05) is 11.4 Å². The summed E-state index contributed by atoms with van der Waals surface area (Å²) in [6, 6.07) is 2.35. The third kappa shape index (κ3) is 3.05. The number of rotatable bonds is 4. The van der Waals surface area contributed by atoms with Crippen LogP contribution in [0.25, 0.3) is 0 Å². The third-order valence-electron chi connectivity index (χ3n) is 1.60. The molecule has 0 aliphatic heterocycles. The van der Waals surface area contributed by atoms with Gasteiger partial charge in [-0.05, 0) is 13.0 Å². The van der Waals surface area contributed by atoms with E-state index < -0.39 is 16.7 Å². The molecular formula is C8H9BrN2O4. The average molecular weight is 277 g/mol. The third-order valence-corrected chi connectivity index (χ3v) is 2.58. The summed E-state index contributed by atoms with van der Waals surface area (Å²) in [4.78, 5) is 21.0. The van der Waals surface area contributed by atoms with Crippen LogP contribution in [0.4, 0.5) is 5.88 Å². The molecule has 1 amide bonds. The normalized spacial score (nSPS) is 12.1. The number of alkyl halides is 1. The number of amides is 1. The largest absolute Gasteiger partial charge is 0.433 e. The van der Waals surface area contributed by atoms with E-state index in [0.29, 0.717) is 5.33 Å². The summed E-state index contributed by atoms with van der Waals surface area (Å²) in [6.07, 6.45) is 0. The number of nitro groups is 1. The van der Waals surface area contributed by atoms with Crippen molar-refractivity contribution in [3.63, 3.8) is 0 Å². The van der Waals surface area contributed by atoms with Crippen molar-refractivity contribution >= 4 is 27.7 Å². The van der Waals surface area contributed by atoms with Crippen LogP contribution >= 0.6 is 15.9 Å². The highest BCUT2D eigenvalue weighted by Crippen LogP contribution is 2.15. The number of halogens is 1. The van der Waals surface area contributed by atoms with Crippen molar-refractivity contribution in [2.45, 2.75) is 13.0 Å². The van der Waals surface area contributed by atoms with Gasteiger partial charge in [0.25, 0.3) is 5.91 Å². The summed E-state index contributed by atoms with van der Waals surface area (Å²) < 4.78 is 4.73. The van der Waals surface area contributed by atoms with Crippen LogP contribution in [-0.2, 0) is 0 Å². The highest BCUT2D eigenvalue weighted by molar-refractivity contribution is 9.09. The van der Waals surface area contributed by atoms with Crippen LogP contribution in [0.1, 0.15) is 17.5 Å². The zero-order valence-corrected chi connectivity index (χ0v) is 9.48. The van der Waals surface area contributed by atoms with E-state index in [0.717, 1.165) is 6.07 Å². The fourth-order valence-corrected chi connectivity index (χ4v) is 1.04. The number of carbonyl (C=O) groups excluding carboxylic acids is 1. The van der Waals surface area contributed by atoms with Crippen LogP contribution in [0.5, 0.6) is 0 Å². The van der Waals surface area contributed by atoms with Crippen molar-refractivity contribution in [1.29, 1.82) is 0 Å². The zero-order chi connectivity index (χ0) is 11.4. The van der Waals surface area contributed by atoms with Gasteiger partial charge in [0.1, 0.15) is 4.92 Å². The molecule has 0 aromatic carbocycles. The Labute approximate surface area is 93.9 Å². The number of nitrogens with one attached hydrogen (secondary N) is 1. The van der Waals surface area contributed by atoms with E-state index in [1.807, 2.05) is 0 Å². The zero-order valence-electron chi connectivity index (χ0n) is 7.90. The van der Waals surface area contributed by atoms with Gasteiger partial charge in [-0.3, -0.25) is 14.9 Å². The Bertz CT molecular complexity index is 376. The minimum Gasteiger partial charge on any atom is -0.395 e. The summed E-state index contributed by atoms with van der Waals surface area (Å²) in [5, 5.41) is 13.5. The van der Waals surface area contributed by atoms with Crippen LogP contribution in [0.2, 0.25) is 0 Å². The molecule has 0 aliphatic rings. The maximum absolute atomic E-state index is 11.4. The van der Waals surface area contributed by atoms with E-state index in [4.69, 9.17) is 4.42 Å². The minimum atomic E-state index is -0.690. The second-order valence-corrected chi connectivity index (χ2v) is 3.57. The Balaban J connectivity index is 2.70. The smallest absolute Gasteiger partial charge is 0.395 e. The lowest BCUT2D eigenvalue weighted by atomic mass is 10.3. The minimum absolute atomic E-state index is 0.0606. The van der Waals surface area contributed by atoms with E-state index in [-0.39, 0.29) is 11.8 Å². The predicted octanol–water partition coefficient (Wildman–Crippen LogP) is 1.70. The van der Waals surface area contributed by atoms with Crippen LogP contribution < -0.4 is 5.32 Å². The van der Waals surface area contributed by atoms with Gasteiger partial charge in [-0.1, -0.05) is 15.9 Å². The summed E-state index contributed by atoms with van der Waals surface area (Å²) in [5.74, 6) is -0.962. The molecule has 0 bridgehead atoms. The van der Waals surface area contributed by atoms with Gasteiger partial charge in [0.2, 0.25) is 0 Å². The Morgan fingerprint density at radius 1 is 1.73 bits per heavy atom. The Hall–Kier alpha value is -1.37. The van der Waals surface area contributed by atoms with Crippen molar-refractivity contribution in [1.82, 2.24) is 5.32 Å². The first-order valence-electron chi connectivity index (χ1n) is 4.15. The number of hydrogen-bond donors (Lipinski definition) is 1. The molecule has 1 heterocycles. The number of carbonyl (C=O) groups is 1. The molecule has 0 radical (unpaired) electrons. The van der Waals surface area contributed by atoms with Crippen LogP contribution in [-0.4, -0.2) is 22.2 Å². The molecule has 6 nitrogen and oxygen atoms in total. The molecule has 82 valence electrons. The van der Waals surface area contributed by atoms with Crippen LogP contribution in [0.15, 0.2) is 16.5 Å². The Kier molecular flexibility index (Phi) is 3.84. The lowest BCUT2D eigenvalue weighted by molar-refractivity contribution is -0.402. The van der Waals surface area contributed by atoms with Gasteiger partial charge < -0.3 is 9.73 Å². The van der Waals surface area contributed by atoms with Crippen molar-refractivity contribution in [2.75, 3.05) is 5.33 Å². The molecule has 0 fully saturated rings. The summed E-state index contributed by atoms with van der Waals surface area (Å²) >= 11 is 3.19. The molecule has 1 atom stereocenters. The van der Waals surface area contributed by atoms with Crippen LogP contribution in [0.3, 0.4) is 0 Å². The number of nitrogens with zero attached hydrogens (tertiary/aromatic N) is 1. The molecule has 15 heavy (non-hydrogen) atoms. The van der Waals surface area contributed by atoms with E-state index in [2.05, 4.69) is 21.2 Å². The first kappa shape index (κ1) is 11.7. The second-order valence-electron chi connectivity index (χ2n) is 2.92. The van der Waals surface area contributed by atoms with Gasteiger partial charge in [0.15, 0.2) is 5.76 Å². The van der Waals surface area contributed by atoms with E-state index >= 15 is 0 Å². The van der Waals surface area contributed by atoms with Crippen molar-refractivity contribution in [2.24, 2.45) is 0 Å². The first-order chi connectivity index (χ1) is 7.04. The van der Waals surface area contributed by atoms with E-state index in [1.165, 1.54) is 6.07 Å². The van der Waals surface area contributed by atoms with Gasteiger partial charge in [-0.15, -0.1) is 0 Å². The Morgan fingerprint density at radius 3 is 2.87 bits per heavy atom. The lowest BCUT2D eigenvalue weighted by Crippen LogP contribution is -2.33. The molecule has 7 heteroatoms. The van der Waals surface area contributed by atoms with Crippen molar-refractivity contribution < 1.29 is 14.1 Å². The van der Waals surface area contributed by atoms with Crippen molar-refractivity contribution in [3.05, 3.63) is 28.0 Å². The van der Waals surface area contributed by atoms with Gasteiger partial charge in [0.05, 0.1) is 6.07 Å². The molecule has 1 unspecified atom stereocenters. The van der Waals surface area contributed by atoms with Gasteiger partial charge >= 0.3 is 5.88 Å². The molecule has 0 aliphatic carbocycles. The van der Waals surface area contributed by atoms with Crippen LogP contribution in [0, 0.1) is 10.1 Å². The summed E-state index contributed by atoms with van der Waals surface area (Å²) in [6.45, 7) is 1.80.